The van der Waals surface area contributed by atoms with Crippen LogP contribution in [0.3, 0.4) is 0 Å². The van der Waals surface area contributed by atoms with E-state index in [1.165, 1.54) is 0 Å². The molecule has 0 aliphatic heterocycles. The summed E-state index contributed by atoms with van der Waals surface area (Å²) in [6.45, 7) is 6.14. The summed E-state index contributed by atoms with van der Waals surface area (Å²) in [7, 11) is 3.62. The second-order valence-corrected chi connectivity index (χ2v) is 5.39. The standard InChI is InChI=1S/C14H22N4O.C2H6.H2/c1-4-5-11-8-13(16-9-15-11)17-12-6-10(7-12)14(19)18(2)3;1-2;/h8-10,12H,4-7H2,1-3H3,(H,15,16,17);1-2H3;1H. The maximum Gasteiger partial charge on any atom is 0.225 e. The first-order chi connectivity index (χ1) is 10.1. The van der Waals surface area contributed by atoms with Crippen molar-refractivity contribution in [3.05, 3.63) is 18.1 Å². The van der Waals surface area contributed by atoms with Crippen LogP contribution >= 0.6 is 0 Å². The molecule has 0 radical (unpaired) electrons. The largest absolute Gasteiger partial charge is 0.367 e. The van der Waals surface area contributed by atoms with E-state index < -0.39 is 0 Å². The van der Waals surface area contributed by atoms with Gasteiger partial charge in [0.05, 0.1) is 0 Å². The van der Waals surface area contributed by atoms with Crippen molar-refractivity contribution in [2.24, 2.45) is 5.92 Å². The minimum atomic E-state index is 0. The number of rotatable bonds is 5. The lowest BCUT2D eigenvalue weighted by Crippen LogP contribution is -2.44. The monoisotopic (exact) mass is 294 g/mol. The topological polar surface area (TPSA) is 58.1 Å². The summed E-state index contributed by atoms with van der Waals surface area (Å²) in [4.78, 5) is 21.9. The van der Waals surface area contributed by atoms with Crippen LogP contribution in [0.5, 0.6) is 0 Å². The second-order valence-electron chi connectivity index (χ2n) is 5.39. The number of hydrogen-bond donors (Lipinski definition) is 1. The molecule has 1 aromatic rings. The zero-order valence-corrected chi connectivity index (χ0v) is 13.9. The Morgan fingerprint density at radius 1 is 1.38 bits per heavy atom. The zero-order chi connectivity index (χ0) is 15.8. The van der Waals surface area contributed by atoms with Crippen LogP contribution in [-0.2, 0) is 11.2 Å². The molecule has 1 aliphatic rings. The molecule has 1 fully saturated rings. The van der Waals surface area contributed by atoms with Gasteiger partial charge in [-0.3, -0.25) is 4.79 Å². The molecule has 0 spiro atoms. The lowest BCUT2D eigenvalue weighted by molar-refractivity contribution is -0.135. The van der Waals surface area contributed by atoms with Crippen LogP contribution in [0.2, 0.25) is 0 Å². The van der Waals surface area contributed by atoms with Gasteiger partial charge in [0.1, 0.15) is 12.1 Å². The van der Waals surface area contributed by atoms with Crippen molar-refractivity contribution in [2.75, 3.05) is 19.4 Å². The van der Waals surface area contributed by atoms with Gasteiger partial charge in [-0.15, -0.1) is 0 Å². The fraction of sp³-hybridized carbons (Fsp3) is 0.688. The predicted molar refractivity (Wildman–Crippen MR) is 88.3 cm³/mol. The van der Waals surface area contributed by atoms with Crippen LogP contribution in [0, 0.1) is 5.92 Å². The molecule has 0 atom stereocenters. The Hall–Kier alpha value is -1.65. The average Bonchev–Trinajstić information content (AvgIpc) is 2.44. The highest BCUT2D eigenvalue weighted by Crippen LogP contribution is 2.30. The van der Waals surface area contributed by atoms with Crippen LogP contribution in [-0.4, -0.2) is 40.9 Å². The molecule has 5 heteroatoms. The molecule has 1 saturated carbocycles. The molecule has 1 N–H and O–H groups in total. The summed E-state index contributed by atoms with van der Waals surface area (Å²) in [5, 5.41) is 3.38. The molecule has 0 saturated heterocycles. The van der Waals surface area contributed by atoms with E-state index in [1.54, 1.807) is 11.2 Å². The number of hydrogen-bond acceptors (Lipinski definition) is 4. The van der Waals surface area contributed by atoms with Crippen LogP contribution in [0.1, 0.15) is 47.2 Å². The molecular formula is C16H30N4O. The van der Waals surface area contributed by atoms with Gasteiger partial charge in [0.2, 0.25) is 5.91 Å². The molecule has 1 aromatic heterocycles. The van der Waals surface area contributed by atoms with Crippen molar-refractivity contribution >= 4 is 11.7 Å². The van der Waals surface area contributed by atoms with Crippen molar-refractivity contribution in [2.45, 2.75) is 52.5 Å². The fourth-order valence-corrected chi connectivity index (χ4v) is 2.38. The maximum atomic E-state index is 11.7. The van der Waals surface area contributed by atoms with Gasteiger partial charge in [0.25, 0.3) is 0 Å². The van der Waals surface area contributed by atoms with Crippen LogP contribution in [0.4, 0.5) is 5.82 Å². The minimum Gasteiger partial charge on any atom is -0.367 e. The van der Waals surface area contributed by atoms with E-state index >= 15 is 0 Å². The molecule has 0 aromatic carbocycles. The molecule has 1 aliphatic carbocycles. The lowest BCUT2D eigenvalue weighted by Gasteiger charge is -2.36. The normalized spacial score (nSPS) is 19.9. The first-order valence-corrected chi connectivity index (χ1v) is 7.88. The fourth-order valence-electron chi connectivity index (χ4n) is 2.38. The third-order valence-electron chi connectivity index (χ3n) is 3.51. The Labute approximate surface area is 129 Å². The molecule has 0 bridgehead atoms. The molecule has 0 unspecified atom stereocenters. The number of nitrogens with one attached hydrogen (secondary N) is 1. The number of nitrogens with zero attached hydrogens (tertiary/aromatic N) is 3. The molecule has 21 heavy (non-hydrogen) atoms. The maximum absolute atomic E-state index is 11.7. The van der Waals surface area contributed by atoms with Crippen molar-refractivity contribution in [3.63, 3.8) is 0 Å². The summed E-state index contributed by atoms with van der Waals surface area (Å²) < 4.78 is 0. The molecule has 120 valence electrons. The zero-order valence-electron chi connectivity index (χ0n) is 13.9. The third-order valence-corrected chi connectivity index (χ3v) is 3.51. The van der Waals surface area contributed by atoms with Gasteiger partial charge >= 0.3 is 0 Å². The van der Waals surface area contributed by atoms with Crippen molar-refractivity contribution in [1.82, 2.24) is 14.9 Å². The number of aromatic nitrogens is 2. The van der Waals surface area contributed by atoms with Crippen LogP contribution in [0.15, 0.2) is 12.4 Å². The number of carbonyl (C=O) groups is 1. The van der Waals surface area contributed by atoms with Gasteiger partial charge < -0.3 is 10.2 Å². The highest BCUT2D eigenvalue weighted by Gasteiger charge is 2.35. The highest BCUT2D eigenvalue weighted by molar-refractivity contribution is 5.79. The van der Waals surface area contributed by atoms with Gasteiger partial charge in [0, 0.05) is 39.2 Å². The van der Waals surface area contributed by atoms with Crippen LogP contribution in [0.25, 0.3) is 0 Å². The second kappa shape index (κ2) is 8.60. The smallest absolute Gasteiger partial charge is 0.225 e. The predicted octanol–water partition coefficient (Wildman–Crippen LogP) is 2.98. The lowest BCUT2D eigenvalue weighted by atomic mass is 9.79. The highest BCUT2D eigenvalue weighted by atomic mass is 16.2. The van der Waals surface area contributed by atoms with E-state index in [0.717, 1.165) is 37.2 Å². The molecule has 5 nitrogen and oxygen atoms in total. The van der Waals surface area contributed by atoms with Gasteiger partial charge in [-0.2, -0.15) is 0 Å². The summed E-state index contributed by atoms with van der Waals surface area (Å²) >= 11 is 0. The Kier molecular flexibility index (Phi) is 7.12. The third kappa shape index (κ3) is 4.99. The van der Waals surface area contributed by atoms with E-state index in [9.17, 15) is 4.79 Å². The van der Waals surface area contributed by atoms with Crippen molar-refractivity contribution in [1.29, 1.82) is 0 Å². The van der Waals surface area contributed by atoms with E-state index in [4.69, 9.17) is 0 Å². The summed E-state index contributed by atoms with van der Waals surface area (Å²) in [6, 6.07) is 2.36. The van der Waals surface area contributed by atoms with Gasteiger partial charge in [0.15, 0.2) is 0 Å². The van der Waals surface area contributed by atoms with Gasteiger partial charge in [-0.05, 0) is 19.3 Å². The Morgan fingerprint density at radius 2 is 2.05 bits per heavy atom. The quantitative estimate of drug-likeness (QED) is 0.907. The number of aryl methyl sites for hydroxylation is 1. The van der Waals surface area contributed by atoms with E-state index in [0.29, 0.717) is 6.04 Å². The summed E-state index contributed by atoms with van der Waals surface area (Å²) in [5.74, 6) is 1.27. The molecule has 1 amide bonds. The molecular weight excluding hydrogens is 264 g/mol. The van der Waals surface area contributed by atoms with Crippen molar-refractivity contribution < 1.29 is 6.22 Å². The minimum absolute atomic E-state index is 0. The van der Waals surface area contributed by atoms with Crippen molar-refractivity contribution in [3.8, 4) is 0 Å². The first kappa shape index (κ1) is 17.4. The van der Waals surface area contributed by atoms with E-state index in [-0.39, 0.29) is 13.3 Å². The summed E-state index contributed by atoms with van der Waals surface area (Å²) in [5.41, 5.74) is 1.07. The van der Waals surface area contributed by atoms with Crippen LogP contribution < -0.4 is 5.32 Å². The van der Waals surface area contributed by atoms with E-state index in [1.807, 2.05) is 34.0 Å². The molecule has 1 heterocycles. The Morgan fingerprint density at radius 3 is 2.62 bits per heavy atom. The Bertz CT molecular complexity index is 448. The number of carbonyl (C=O) groups excluding carboxylic acids is 1. The summed E-state index contributed by atoms with van der Waals surface area (Å²) in [6.07, 6.45) is 5.45. The van der Waals surface area contributed by atoms with E-state index in [2.05, 4.69) is 22.2 Å². The van der Waals surface area contributed by atoms with Gasteiger partial charge in [-0.25, -0.2) is 9.97 Å². The SMILES string of the molecule is CC.CCCc1cc(NC2CC(C(=O)N(C)C)C2)ncn1.[HH]. The Balaban J connectivity index is 0.00000141. The molecule has 2 rings (SSSR count). The number of anilines is 1. The van der Waals surface area contributed by atoms with Gasteiger partial charge in [-0.1, -0.05) is 27.2 Å². The number of amides is 1. The first-order valence-electron chi connectivity index (χ1n) is 7.88. The average molecular weight is 294 g/mol.